The number of hydrogen-bond donors (Lipinski definition) is 2. The minimum absolute atomic E-state index is 0.304. The molecule has 0 aliphatic rings. The van der Waals surface area contributed by atoms with Crippen LogP contribution in [0.4, 0.5) is 4.79 Å². The molecule has 2 N–H and O–H groups in total. The van der Waals surface area contributed by atoms with Crippen molar-refractivity contribution in [1.29, 1.82) is 0 Å². The molecule has 0 saturated carbocycles. The monoisotopic (exact) mass is 368 g/mol. The molecular formula is C23H32N2O2. The van der Waals surface area contributed by atoms with Crippen molar-refractivity contribution < 1.29 is 9.53 Å². The van der Waals surface area contributed by atoms with E-state index < -0.39 is 5.60 Å². The summed E-state index contributed by atoms with van der Waals surface area (Å²) in [4.78, 5) is 11.8. The Balaban J connectivity index is 1.86. The summed E-state index contributed by atoms with van der Waals surface area (Å²) in [6.07, 6.45) is 0.539. The lowest BCUT2D eigenvalue weighted by molar-refractivity contribution is 0.0523. The van der Waals surface area contributed by atoms with E-state index in [1.54, 1.807) is 0 Å². The second-order valence-corrected chi connectivity index (χ2v) is 8.08. The highest BCUT2D eigenvalue weighted by molar-refractivity contribution is 5.67. The summed E-state index contributed by atoms with van der Waals surface area (Å²) in [5.74, 6) is 0. The lowest BCUT2D eigenvalue weighted by Crippen LogP contribution is -2.32. The quantitative estimate of drug-likeness (QED) is 0.723. The lowest BCUT2D eigenvalue weighted by atomic mass is 10.0. The Morgan fingerprint density at radius 1 is 1.00 bits per heavy atom. The Bertz CT molecular complexity index is 723. The van der Waals surface area contributed by atoms with Crippen molar-refractivity contribution in [3.63, 3.8) is 0 Å². The number of carbonyl (C=O) groups excluding carboxylic acids is 1. The smallest absolute Gasteiger partial charge is 0.407 e. The van der Waals surface area contributed by atoms with E-state index in [0.29, 0.717) is 18.6 Å². The van der Waals surface area contributed by atoms with Crippen molar-refractivity contribution in [3.05, 3.63) is 71.3 Å². The van der Waals surface area contributed by atoms with Crippen LogP contribution >= 0.6 is 0 Å². The third-order valence-electron chi connectivity index (χ3n) is 4.20. The van der Waals surface area contributed by atoms with Crippen molar-refractivity contribution in [2.75, 3.05) is 0 Å². The maximum absolute atomic E-state index is 11.8. The molecule has 0 radical (unpaired) electrons. The molecule has 0 aliphatic carbocycles. The van der Waals surface area contributed by atoms with Gasteiger partial charge in [0.25, 0.3) is 0 Å². The van der Waals surface area contributed by atoms with Gasteiger partial charge < -0.3 is 15.4 Å². The van der Waals surface area contributed by atoms with E-state index in [2.05, 4.69) is 60.9 Å². The van der Waals surface area contributed by atoms with Gasteiger partial charge in [0, 0.05) is 18.6 Å². The Morgan fingerprint density at radius 2 is 1.67 bits per heavy atom. The first-order chi connectivity index (χ1) is 12.7. The van der Waals surface area contributed by atoms with Crippen LogP contribution in [0.25, 0.3) is 0 Å². The molecule has 2 aromatic carbocycles. The van der Waals surface area contributed by atoms with Crippen LogP contribution in [0.1, 0.15) is 57.4 Å². The van der Waals surface area contributed by atoms with Gasteiger partial charge in [-0.2, -0.15) is 0 Å². The van der Waals surface area contributed by atoms with Crippen LogP contribution in [0.5, 0.6) is 0 Å². The first-order valence-corrected chi connectivity index (χ1v) is 9.58. The number of ether oxygens (including phenoxy) is 1. The minimum Gasteiger partial charge on any atom is -0.444 e. The molecule has 146 valence electrons. The summed E-state index contributed by atoms with van der Waals surface area (Å²) in [6, 6.07) is 19.4. The van der Waals surface area contributed by atoms with Gasteiger partial charge in [0.2, 0.25) is 0 Å². The molecule has 0 heterocycles. The van der Waals surface area contributed by atoms with Gasteiger partial charge in [-0.3, -0.25) is 0 Å². The van der Waals surface area contributed by atoms with Gasteiger partial charge in [-0.1, -0.05) is 54.6 Å². The van der Waals surface area contributed by atoms with Crippen molar-refractivity contribution in [2.45, 2.75) is 65.3 Å². The molecule has 27 heavy (non-hydrogen) atoms. The Morgan fingerprint density at radius 3 is 2.33 bits per heavy atom. The Labute approximate surface area is 163 Å². The van der Waals surface area contributed by atoms with Gasteiger partial charge in [0.15, 0.2) is 0 Å². The maximum Gasteiger partial charge on any atom is 0.407 e. The predicted octanol–water partition coefficient (Wildman–Crippen LogP) is 4.99. The molecule has 0 unspecified atom stereocenters. The average molecular weight is 369 g/mol. The summed E-state index contributed by atoms with van der Waals surface area (Å²) in [5.41, 5.74) is 3.13. The number of carbonyl (C=O) groups is 1. The highest BCUT2D eigenvalue weighted by Gasteiger charge is 2.16. The zero-order valence-corrected chi connectivity index (χ0v) is 17.1. The van der Waals surface area contributed by atoms with E-state index in [1.807, 2.05) is 39.0 Å². The summed E-state index contributed by atoms with van der Waals surface area (Å²) in [7, 11) is 0. The van der Waals surface area contributed by atoms with Gasteiger partial charge in [-0.15, -0.1) is 0 Å². The summed E-state index contributed by atoms with van der Waals surface area (Å²) < 4.78 is 5.28. The molecule has 1 amide bonds. The molecule has 0 saturated heterocycles. The molecule has 2 aromatic rings. The van der Waals surface area contributed by atoms with Crippen molar-refractivity contribution in [1.82, 2.24) is 10.6 Å². The zero-order valence-electron chi connectivity index (χ0n) is 17.1. The van der Waals surface area contributed by atoms with Gasteiger partial charge in [-0.05, 0) is 57.7 Å². The van der Waals surface area contributed by atoms with E-state index in [9.17, 15) is 4.79 Å². The molecule has 4 nitrogen and oxygen atoms in total. The van der Waals surface area contributed by atoms with Gasteiger partial charge in [0.1, 0.15) is 5.60 Å². The number of rotatable bonds is 7. The van der Waals surface area contributed by atoms with Crippen LogP contribution in [-0.4, -0.2) is 17.7 Å². The second-order valence-electron chi connectivity index (χ2n) is 8.08. The van der Waals surface area contributed by atoms with Crippen molar-refractivity contribution >= 4 is 6.09 Å². The lowest BCUT2D eigenvalue weighted by Gasteiger charge is -2.21. The van der Waals surface area contributed by atoms with Crippen molar-refractivity contribution in [2.24, 2.45) is 0 Å². The van der Waals surface area contributed by atoms with Crippen molar-refractivity contribution in [3.8, 4) is 0 Å². The van der Waals surface area contributed by atoms with Crippen LogP contribution in [0.2, 0.25) is 0 Å². The Kier molecular flexibility index (Phi) is 7.43. The fraction of sp³-hybridized carbons (Fsp3) is 0.435. The van der Waals surface area contributed by atoms with Crippen LogP contribution in [0.3, 0.4) is 0 Å². The van der Waals surface area contributed by atoms with E-state index >= 15 is 0 Å². The number of amides is 1. The van der Waals surface area contributed by atoms with Crippen LogP contribution in [-0.2, 0) is 17.7 Å². The molecule has 0 aliphatic heterocycles. The maximum atomic E-state index is 11.8. The first kappa shape index (κ1) is 21.0. The highest BCUT2D eigenvalue weighted by Crippen LogP contribution is 2.14. The number of alkyl carbamates (subject to hydrolysis) is 1. The minimum atomic E-state index is -0.484. The molecule has 0 bridgehead atoms. The van der Waals surface area contributed by atoms with E-state index in [4.69, 9.17) is 4.74 Å². The van der Waals surface area contributed by atoms with E-state index in [1.165, 1.54) is 11.1 Å². The average Bonchev–Trinajstić information content (AvgIpc) is 2.59. The van der Waals surface area contributed by atoms with Gasteiger partial charge >= 0.3 is 6.09 Å². The predicted molar refractivity (Wildman–Crippen MR) is 111 cm³/mol. The number of benzene rings is 2. The molecule has 0 spiro atoms. The zero-order chi connectivity index (χ0) is 19.9. The molecule has 2 rings (SSSR count). The number of nitrogens with one attached hydrogen (secondary N) is 2. The standard InChI is InChI=1S/C23H32N2O2/c1-17(25-18(2)21-12-7-6-8-13-21)14-19-10-9-11-20(15-19)16-24-22(26)27-23(3,4)5/h6-13,15,17-18,25H,14,16H2,1-5H3,(H,24,26)/t17-,18-/m1/s1. The summed E-state index contributed by atoms with van der Waals surface area (Å²) in [5, 5.41) is 6.46. The largest absolute Gasteiger partial charge is 0.444 e. The van der Waals surface area contributed by atoms with Gasteiger partial charge in [-0.25, -0.2) is 4.79 Å². The SMILES string of the molecule is C[C@H](Cc1cccc(CNC(=O)OC(C)(C)C)c1)N[C@H](C)c1ccccc1. The highest BCUT2D eigenvalue weighted by atomic mass is 16.6. The fourth-order valence-electron chi connectivity index (χ4n) is 3.03. The van der Waals surface area contributed by atoms with E-state index in [-0.39, 0.29) is 6.09 Å². The third kappa shape index (κ3) is 7.83. The normalized spacial score (nSPS) is 13.7. The molecular weight excluding hydrogens is 336 g/mol. The van der Waals surface area contributed by atoms with E-state index in [0.717, 1.165) is 12.0 Å². The van der Waals surface area contributed by atoms with Crippen LogP contribution in [0, 0.1) is 0 Å². The second kappa shape index (κ2) is 9.56. The van der Waals surface area contributed by atoms with Gasteiger partial charge in [0.05, 0.1) is 0 Å². The summed E-state index contributed by atoms with van der Waals surface area (Å²) in [6.45, 7) is 10.4. The molecule has 0 fully saturated rings. The van der Waals surface area contributed by atoms with Crippen LogP contribution < -0.4 is 10.6 Å². The fourth-order valence-corrected chi connectivity index (χ4v) is 3.03. The third-order valence-corrected chi connectivity index (χ3v) is 4.20. The summed E-state index contributed by atoms with van der Waals surface area (Å²) >= 11 is 0. The molecule has 2 atom stereocenters. The Hall–Kier alpha value is -2.33. The number of hydrogen-bond acceptors (Lipinski definition) is 3. The van der Waals surface area contributed by atoms with Crippen LogP contribution in [0.15, 0.2) is 54.6 Å². The topological polar surface area (TPSA) is 50.4 Å². The molecule has 4 heteroatoms. The molecule has 0 aromatic heterocycles. The first-order valence-electron chi connectivity index (χ1n) is 9.58.